The van der Waals surface area contributed by atoms with Crippen molar-refractivity contribution in [2.24, 2.45) is 5.92 Å². The van der Waals surface area contributed by atoms with Crippen molar-refractivity contribution in [2.45, 2.75) is 40.5 Å². The molecule has 0 saturated heterocycles. The average molecular weight is 442 g/mol. The number of rotatable bonds is 12. The van der Waals surface area contributed by atoms with Gasteiger partial charge in [0.05, 0.1) is 18.8 Å². The third kappa shape index (κ3) is 7.72. The van der Waals surface area contributed by atoms with E-state index in [-0.39, 0.29) is 17.3 Å². The van der Waals surface area contributed by atoms with Gasteiger partial charge in [0.2, 0.25) is 5.91 Å². The number of carbonyl (C=O) groups excluding carboxylic acids is 3. The molecule has 172 valence electrons. The molecule has 0 heterocycles. The van der Waals surface area contributed by atoms with Crippen molar-refractivity contribution < 1.29 is 28.6 Å². The van der Waals surface area contributed by atoms with Crippen molar-refractivity contribution >= 4 is 23.3 Å². The molecule has 0 saturated carbocycles. The number of Topliss-reactive ketones (excluding diaryl/α,β-unsaturated/α-hetero) is 1. The zero-order valence-electron chi connectivity index (χ0n) is 19.1. The number of ketones is 1. The van der Waals surface area contributed by atoms with Crippen molar-refractivity contribution in [1.29, 1.82) is 0 Å². The second kappa shape index (κ2) is 12.5. The van der Waals surface area contributed by atoms with Gasteiger partial charge in [-0.3, -0.25) is 9.59 Å². The fourth-order valence-electron chi connectivity index (χ4n) is 2.77. The maximum absolute atomic E-state index is 12.4. The Labute approximate surface area is 189 Å². The summed E-state index contributed by atoms with van der Waals surface area (Å²) < 4.78 is 16.5. The van der Waals surface area contributed by atoms with Gasteiger partial charge >= 0.3 is 5.97 Å². The molecule has 0 fully saturated rings. The number of amides is 1. The second-order valence-corrected chi connectivity index (χ2v) is 7.67. The maximum atomic E-state index is 12.4. The first kappa shape index (κ1) is 24.9. The van der Waals surface area contributed by atoms with Gasteiger partial charge < -0.3 is 19.5 Å². The lowest BCUT2D eigenvalue weighted by atomic mass is 10.1. The van der Waals surface area contributed by atoms with Crippen LogP contribution in [0.5, 0.6) is 11.5 Å². The molecular formula is C25H31NO6. The molecular weight excluding hydrogens is 410 g/mol. The first-order chi connectivity index (χ1) is 15.3. The molecule has 1 amide bonds. The molecule has 0 unspecified atom stereocenters. The second-order valence-electron chi connectivity index (χ2n) is 7.67. The summed E-state index contributed by atoms with van der Waals surface area (Å²) >= 11 is 0. The SMILES string of the molecule is CCCC(=O)Nc1ccc(C(=O)COC(=O)c2ccc(OCC(C)C)c(OCC)c2)cc1. The van der Waals surface area contributed by atoms with E-state index in [4.69, 9.17) is 14.2 Å². The number of nitrogens with one attached hydrogen (secondary N) is 1. The highest BCUT2D eigenvalue weighted by molar-refractivity contribution is 6.00. The van der Waals surface area contributed by atoms with Crippen LogP contribution in [0.15, 0.2) is 42.5 Å². The Morgan fingerprint density at radius 3 is 2.22 bits per heavy atom. The lowest BCUT2D eigenvalue weighted by Crippen LogP contribution is -2.15. The molecule has 0 radical (unpaired) electrons. The lowest BCUT2D eigenvalue weighted by Gasteiger charge is -2.14. The maximum Gasteiger partial charge on any atom is 0.338 e. The summed E-state index contributed by atoms with van der Waals surface area (Å²) in [5, 5.41) is 2.76. The summed E-state index contributed by atoms with van der Waals surface area (Å²) in [6.45, 7) is 8.41. The first-order valence-corrected chi connectivity index (χ1v) is 10.8. The highest BCUT2D eigenvalue weighted by atomic mass is 16.5. The smallest absolute Gasteiger partial charge is 0.338 e. The number of benzene rings is 2. The molecule has 1 N–H and O–H groups in total. The molecule has 0 aromatic heterocycles. The molecule has 2 aromatic rings. The van der Waals surface area contributed by atoms with E-state index in [9.17, 15) is 14.4 Å². The normalized spacial score (nSPS) is 10.5. The molecule has 2 aromatic carbocycles. The van der Waals surface area contributed by atoms with Crippen molar-refractivity contribution in [1.82, 2.24) is 0 Å². The summed E-state index contributed by atoms with van der Waals surface area (Å²) in [4.78, 5) is 36.5. The average Bonchev–Trinajstić information content (AvgIpc) is 2.77. The molecule has 0 bridgehead atoms. The van der Waals surface area contributed by atoms with Gasteiger partial charge in [0.1, 0.15) is 0 Å². The highest BCUT2D eigenvalue weighted by Crippen LogP contribution is 2.29. The topological polar surface area (TPSA) is 90.9 Å². The van der Waals surface area contributed by atoms with E-state index in [1.807, 2.05) is 27.7 Å². The van der Waals surface area contributed by atoms with E-state index in [0.717, 1.165) is 6.42 Å². The minimum Gasteiger partial charge on any atom is -0.490 e. The van der Waals surface area contributed by atoms with Crippen molar-refractivity contribution in [3.8, 4) is 11.5 Å². The van der Waals surface area contributed by atoms with E-state index in [1.54, 1.807) is 42.5 Å². The summed E-state index contributed by atoms with van der Waals surface area (Å²) in [5.41, 5.74) is 1.27. The molecule has 32 heavy (non-hydrogen) atoms. The monoisotopic (exact) mass is 441 g/mol. The van der Waals surface area contributed by atoms with Crippen LogP contribution in [0.3, 0.4) is 0 Å². The largest absolute Gasteiger partial charge is 0.490 e. The van der Waals surface area contributed by atoms with Crippen LogP contribution in [0.2, 0.25) is 0 Å². The van der Waals surface area contributed by atoms with E-state index >= 15 is 0 Å². The number of hydrogen-bond donors (Lipinski definition) is 1. The lowest BCUT2D eigenvalue weighted by molar-refractivity contribution is -0.116. The van der Waals surface area contributed by atoms with Gasteiger partial charge in [-0.15, -0.1) is 0 Å². The highest BCUT2D eigenvalue weighted by Gasteiger charge is 2.15. The van der Waals surface area contributed by atoms with Crippen LogP contribution in [-0.2, 0) is 9.53 Å². The van der Waals surface area contributed by atoms with Crippen LogP contribution in [0.25, 0.3) is 0 Å². The van der Waals surface area contributed by atoms with Gasteiger partial charge in [0, 0.05) is 17.7 Å². The molecule has 7 nitrogen and oxygen atoms in total. The molecule has 0 aliphatic carbocycles. The van der Waals surface area contributed by atoms with Gasteiger partial charge in [0.25, 0.3) is 0 Å². The predicted molar refractivity (Wildman–Crippen MR) is 123 cm³/mol. The van der Waals surface area contributed by atoms with E-state index in [0.29, 0.717) is 48.3 Å². The van der Waals surface area contributed by atoms with Crippen molar-refractivity contribution in [3.05, 3.63) is 53.6 Å². The van der Waals surface area contributed by atoms with Gasteiger partial charge in [-0.1, -0.05) is 20.8 Å². The molecule has 0 atom stereocenters. The van der Waals surface area contributed by atoms with Gasteiger partial charge in [0.15, 0.2) is 23.9 Å². The fraction of sp³-hybridized carbons (Fsp3) is 0.400. The minimum absolute atomic E-state index is 0.0763. The third-order valence-corrected chi connectivity index (χ3v) is 4.35. The van der Waals surface area contributed by atoms with Crippen LogP contribution < -0.4 is 14.8 Å². The van der Waals surface area contributed by atoms with E-state index in [2.05, 4.69) is 5.32 Å². The van der Waals surface area contributed by atoms with Crippen LogP contribution in [0.1, 0.15) is 61.3 Å². The Morgan fingerprint density at radius 2 is 1.59 bits per heavy atom. The number of carbonyl (C=O) groups is 3. The molecule has 0 spiro atoms. The predicted octanol–water partition coefficient (Wildman–Crippen LogP) is 4.90. The summed E-state index contributed by atoms with van der Waals surface area (Å²) in [7, 11) is 0. The number of ether oxygens (including phenoxy) is 3. The van der Waals surface area contributed by atoms with Gasteiger partial charge in [-0.05, 0) is 61.7 Å². The standard InChI is InChI=1S/C25H31NO6/c1-5-7-24(28)26-20-11-8-18(9-12-20)21(27)16-32-25(29)19-10-13-22(31-15-17(3)4)23(14-19)30-6-2/h8-14,17H,5-7,15-16H2,1-4H3,(H,26,28). The number of esters is 1. The zero-order valence-corrected chi connectivity index (χ0v) is 19.1. The van der Waals surface area contributed by atoms with Crippen LogP contribution in [0, 0.1) is 5.92 Å². The Kier molecular flexibility index (Phi) is 9.73. The van der Waals surface area contributed by atoms with Crippen molar-refractivity contribution in [3.63, 3.8) is 0 Å². The quantitative estimate of drug-likeness (QED) is 0.372. The van der Waals surface area contributed by atoms with Crippen molar-refractivity contribution in [2.75, 3.05) is 25.1 Å². The number of hydrogen-bond acceptors (Lipinski definition) is 6. The summed E-state index contributed by atoms with van der Waals surface area (Å²) in [6, 6.07) is 11.3. The van der Waals surface area contributed by atoms with Gasteiger partial charge in [-0.2, -0.15) is 0 Å². The molecule has 2 rings (SSSR count). The Hall–Kier alpha value is -3.35. The van der Waals surface area contributed by atoms with Crippen LogP contribution in [0.4, 0.5) is 5.69 Å². The molecule has 7 heteroatoms. The Morgan fingerprint density at radius 1 is 0.906 bits per heavy atom. The minimum atomic E-state index is -0.627. The fourth-order valence-corrected chi connectivity index (χ4v) is 2.77. The Bertz CT molecular complexity index is 921. The van der Waals surface area contributed by atoms with Gasteiger partial charge in [-0.25, -0.2) is 4.79 Å². The Balaban J connectivity index is 1.96. The molecule has 0 aliphatic rings. The van der Waals surface area contributed by atoms with Crippen LogP contribution in [-0.4, -0.2) is 37.5 Å². The first-order valence-electron chi connectivity index (χ1n) is 10.8. The van der Waals surface area contributed by atoms with E-state index < -0.39 is 12.6 Å². The zero-order chi connectivity index (χ0) is 23.5. The third-order valence-electron chi connectivity index (χ3n) is 4.35. The van der Waals surface area contributed by atoms with E-state index in [1.165, 1.54) is 0 Å². The molecule has 0 aliphatic heterocycles. The summed E-state index contributed by atoms with van der Waals surface area (Å²) in [5.74, 6) is 0.313. The number of anilines is 1. The van der Waals surface area contributed by atoms with Crippen LogP contribution >= 0.6 is 0 Å². The summed E-state index contributed by atoms with van der Waals surface area (Å²) in [6.07, 6.45) is 1.19.